The van der Waals surface area contributed by atoms with Gasteiger partial charge in [0.25, 0.3) is 0 Å². The van der Waals surface area contributed by atoms with Crippen molar-refractivity contribution in [1.29, 1.82) is 0 Å². The van der Waals surface area contributed by atoms with Crippen molar-refractivity contribution >= 4 is 17.4 Å². The Hall–Kier alpha value is 0.0400. The molecule has 0 aliphatic heterocycles. The number of rotatable bonds is 0. The molecular formula is H10N2O4P2+2. The summed E-state index contributed by atoms with van der Waals surface area (Å²) in [6, 6.07) is 0. The van der Waals surface area contributed by atoms with Crippen LogP contribution in [-0.2, 0) is 9.13 Å². The molecule has 0 amide bonds. The van der Waals surface area contributed by atoms with Gasteiger partial charge in [-0.05, 0) is 9.13 Å². The Morgan fingerprint density at radius 1 is 0.875 bits per heavy atom. The molecule has 0 rings (SSSR count). The third kappa shape index (κ3) is 95900. The summed E-state index contributed by atoms with van der Waals surface area (Å²) in [5.41, 5.74) is 0. The largest absolute Gasteiger partial charge is 0.491 e. The predicted molar refractivity (Wildman–Crippen MR) is 32.5 cm³/mol. The van der Waals surface area contributed by atoms with E-state index < -0.39 is 17.4 Å². The quantitative estimate of drug-likeness (QED) is 0.375. The Morgan fingerprint density at radius 3 is 0.875 bits per heavy atom. The Bertz CT molecular complexity index is 33.0. The van der Waals surface area contributed by atoms with E-state index in [-0.39, 0.29) is 12.3 Å². The van der Waals surface area contributed by atoms with Gasteiger partial charge < -0.3 is 12.3 Å². The lowest BCUT2D eigenvalue weighted by Crippen LogP contribution is -1.03. The van der Waals surface area contributed by atoms with E-state index in [1.54, 1.807) is 0 Å². The zero-order valence-electron chi connectivity index (χ0n) is 4.13. The van der Waals surface area contributed by atoms with Gasteiger partial charge in [-0.2, -0.15) is 9.79 Å². The molecule has 0 aromatic carbocycles. The molecule has 0 aliphatic rings. The molecule has 0 saturated carbocycles. The fourth-order valence-electron chi connectivity index (χ4n) is 0. The lowest BCUT2D eigenvalue weighted by Gasteiger charge is -1.08. The number of hydrogen-bond acceptors (Lipinski definition) is 4. The molecule has 52 valence electrons. The van der Waals surface area contributed by atoms with Crippen molar-refractivity contribution in [3.8, 4) is 0 Å². The Balaban J connectivity index is -0.0000000160. The SMILES string of the molecule is N.N.O=[PH+]O.O=[PH+]O. The lowest BCUT2D eigenvalue weighted by molar-refractivity contribution is 0.523. The van der Waals surface area contributed by atoms with E-state index in [0.29, 0.717) is 0 Å². The summed E-state index contributed by atoms with van der Waals surface area (Å²) in [5, 5.41) is 0. The minimum atomic E-state index is -1.17. The first-order valence-electron chi connectivity index (χ1n) is 0.855. The average molecular weight is 164 g/mol. The van der Waals surface area contributed by atoms with E-state index in [9.17, 15) is 0 Å². The van der Waals surface area contributed by atoms with E-state index in [2.05, 4.69) is 0 Å². The zero-order chi connectivity index (χ0) is 5.41. The highest BCUT2D eigenvalue weighted by atomic mass is 31.1. The van der Waals surface area contributed by atoms with Gasteiger partial charge in [-0.3, -0.25) is 0 Å². The minimum Gasteiger partial charge on any atom is -0.344 e. The molecule has 0 radical (unpaired) electrons. The summed E-state index contributed by atoms with van der Waals surface area (Å²) in [5.74, 6) is 0. The molecule has 6 nitrogen and oxygen atoms in total. The van der Waals surface area contributed by atoms with E-state index in [4.69, 9.17) is 18.9 Å². The molecule has 0 fully saturated rings. The van der Waals surface area contributed by atoms with Crippen LogP contribution < -0.4 is 12.3 Å². The van der Waals surface area contributed by atoms with E-state index in [1.807, 2.05) is 0 Å². The van der Waals surface area contributed by atoms with Crippen LogP contribution in [0.2, 0.25) is 0 Å². The van der Waals surface area contributed by atoms with E-state index >= 15 is 0 Å². The molecule has 0 aliphatic carbocycles. The average Bonchev–Trinajstić information content (AvgIpc) is 1.39. The zero-order valence-corrected chi connectivity index (χ0v) is 6.13. The van der Waals surface area contributed by atoms with Gasteiger partial charge in [0.15, 0.2) is 0 Å². The summed E-state index contributed by atoms with van der Waals surface area (Å²) in [4.78, 5) is 14.1. The van der Waals surface area contributed by atoms with Crippen molar-refractivity contribution in [3.63, 3.8) is 0 Å². The van der Waals surface area contributed by atoms with Crippen LogP contribution in [0.3, 0.4) is 0 Å². The Morgan fingerprint density at radius 2 is 0.875 bits per heavy atom. The smallest absolute Gasteiger partial charge is 0.344 e. The maximum atomic E-state index is 8.51. The number of hydrogen-bond donors (Lipinski definition) is 4. The van der Waals surface area contributed by atoms with Crippen LogP contribution in [0.4, 0.5) is 0 Å². The second-order valence-electron chi connectivity index (χ2n) is 0.183. The maximum Gasteiger partial charge on any atom is 0.491 e. The van der Waals surface area contributed by atoms with Crippen LogP contribution in [-0.4, -0.2) is 9.79 Å². The first kappa shape index (κ1) is 24.4. The standard InChI is InChI=1S/2H3N.2HO2P/c;;2*1-3-2/h2*1H3;2*3H/p+2. The monoisotopic (exact) mass is 164 g/mol. The van der Waals surface area contributed by atoms with Crippen molar-refractivity contribution in [3.05, 3.63) is 0 Å². The molecule has 0 heterocycles. The molecule has 8 heteroatoms. The summed E-state index contributed by atoms with van der Waals surface area (Å²) >= 11 is 0. The molecule has 2 atom stereocenters. The highest BCUT2D eigenvalue weighted by Gasteiger charge is 1.45. The summed E-state index contributed by atoms with van der Waals surface area (Å²) < 4.78 is 17.0. The molecule has 2 unspecified atom stereocenters. The van der Waals surface area contributed by atoms with Crippen molar-refractivity contribution in [1.82, 2.24) is 12.3 Å². The van der Waals surface area contributed by atoms with Gasteiger partial charge in [0.1, 0.15) is 0 Å². The van der Waals surface area contributed by atoms with Crippen molar-refractivity contribution < 1.29 is 18.9 Å². The normalized spacial score (nSPS) is 5.25. The highest BCUT2D eigenvalue weighted by Crippen LogP contribution is 1.66. The lowest BCUT2D eigenvalue weighted by atomic mass is 14.0. The van der Waals surface area contributed by atoms with Crippen LogP contribution in [0.5, 0.6) is 0 Å². The van der Waals surface area contributed by atoms with Crippen LogP contribution in [0.1, 0.15) is 0 Å². The van der Waals surface area contributed by atoms with Gasteiger partial charge in [-0.25, -0.2) is 0 Å². The van der Waals surface area contributed by atoms with Crippen molar-refractivity contribution in [2.75, 3.05) is 0 Å². The second-order valence-corrected chi connectivity index (χ2v) is 0.548. The van der Waals surface area contributed by atoms with Crippen LogP contribution in [0, 0.1) is 0 Å². The van der Waals surface area contributed by atoms with Gasteiger partial charge >= 0.3 is 17.4 Å². The third-order valence-electron chi connectivity index (χ3n) is 0. The molecule has 0 aromatic rings. The summed E-state index contributed by atoms with van der Waals surface area (Å²) in [6.45, 7) is 0. The minimum absolute atomic E-state index is 0. The first-order valence-corrected chi connectivity index (χ1v) is 2.57. The molecule has 0 aromatic heterocycles. The Labute approximate surface area is 49.7 Å². The van der Waals surface area contributed by atoms with Crippen molar-refractivity contribution in [2.45, 2.75) is 0 Å². The molecule has 0 bridgehead atoms. The van der Waals surface area contributed by atoms with Gasteiger partial charge in [0.2, 0.25) is 0 Å². The Kier molecular flexibility index (Phi) is 188. The fraction of sp³-hybridized carbons (Fsp3) is 0. The molecule has 8 N–H and O–H groups in total. The molecule has 0 spiro atoms. The summed E-state index contributed by atoms with van der Waals surface area (Å²) in [6.07, 6.45) is 0. The van der Waals surface area contributed by atoms with E-state index in [1.165, 1.54) is 0 Å². The fourth-order valence-corrected chi connectivity index (χ4v) is 0. The molecule has 0 saturated heterocycles. The van der Waals surface area contributed by atoms with Crippen LogP contribution >= 0.6 is 17.4 Å². The van der Waals surface area contributed by atoms with Gasteiger partial charge in [0.05, 0.1) is 0 Å². The van der Waals surface area contributed by atoms with Crippen LogP contribution in [0.25, 0.3) is 0 Å². The predicted octanol–water partition coefficient (Wildman–Crippen LogP) is 0.159. The van der Waals surface area contributed by atoms with Crippen molar-refractivity contribution in [2.24, 2.45) is 0 Å². The highest BCUT2D eigenvalue weighted by molar-refractivity contribution is 7.16. The third-order valence-corrected chi connectivity index (χ3v) is 0. The second kappa shape index (κ2) is 61.7. The molecular weight excluding hydrogens is 154 g/mol. The topological polar surface area (TPSA) is 145 Å². The maximum absolute atomic E-state index is 8.51. The van der Waals surface area contributed by atoms with Gasteiger partial charge in [-0.1, -0.05) is 0 Å². The van der Waals surface area contributed by atoms with Crippen LogP contribution in [0.15, 0.2) is 0 Å². The van der Waals surface area contributed by atoms with Gasteiger partial charge in [-0.15, -0.1) is 0 Å². The summed E-state index contributed by atoms with van der Waals surface area (Å²) in [7, 11) is -2.33. The van der Waals surface area contributed by atoms with E-state index in [0.717, 1.165) is 0 Å². The van der Waals surface area contributed by atoms with Gasteiger partial charge in [0, 0.05) is 0 Å². The molecule has 8 heavy (non-hydrogen) atoms. The first-order chi connectivity index (χ1) is 2.83.